The Morgan fingerprint density at radius 1 is 1.50 bits per heavy atom. The fraction of sp³-hybridized carbons (Fsp3) is 0.333. The Morgan fingerprint density at radius 3 is 2.83 bits per heavy atom. The first-order valence-corrected chi connectivity index (χ1v) is 6.30. The Morgan fingerprint density at radius 2 is 2.22 bits per heavy atom. The quantitative estimate of drug-likeness (QED) is 0.783. The van der Waals surface area contributed by atoms with E-state index in [0.29, 0.717) is 18.0 Å². The average Bonchev–Trinajstić information content (AvgIpc) is 2.35. The highest BCUT2D eigenvalue weighted by Gasteiger charge is 2.30. The Kier molecular flexibility index (Phi) is 3.47. The van der Waals surface area contributed by atoms with Gasteiger partial charge in [-0.25, -0.2) is 4.79 Å². The molecule has 1 atom stereocenters. The van der Waals surface area contributed by atoms with E-state index in [1.165, 1.54) is 4.90 Å². The monoisotopic (exact) mass is 267 g/mol. The van der Waals surface area contributed by atoms with Crippen LogP contribution in [0.3, 0.4) is 0 Å². The third kappa shape index (κ3) is 2.28. The van der Waals surface area contributed by atoms with Crippen molar-refractivity contribution in [1.82, 2.24) is 0 Å². The second-order valence-corrected chi connectivity index (χ2v) is 5.46. The molecule has 1 aromatic carbocycles. The number of amides is 1. The van der Waals surface area contributed by atoms with Gasteiger partial charge in [-0.2, -0.15) is 0 Å². The predicted molar refractivity (Wildman–Crippen MR) is 68.3 cm³/mol. The van der Waals surface area contributed by atoms with Crippen molar-refractivity contribution in [3.8, 4) is 5.75 Å². The van der Waals surface area contributed by atoms with Crippen molar-refractivity contribution in [2.75, 3.05) is 18.6 Å². The lowest BCUT2D eigenvalue weighted by atomic mass is 10.2. The lowest BCUT2D eigenvalue weighted by Crippen LogP contribution is -2.42. The number of aliphatic carboxylic acids is 1. The summed E-state index contributed by atoms with van der Waals surface area (Å²) in [5, 5.41) is 8.97. The largest absolute Gasteiger partial charge is 0.497 e. The van der Waals surface area contributed by atoms with Crippen LogP contribution in [0.4, 0.5) is 5.69 Å². The van der Waals surface area contributed by atoms with E-state index >= 15 is 0 Å². The number of hydrogen-bond donors (Lipinski definition) is 1. The Labute approximate surface area is 109 Å². The highest BCUT2D eigenvalue weighted by atomic mass is 32.2. The van der Waals surface area contributed by atoms with Crippen molar-refractivity contribution in [2.24, 2.45) is 0 Å². The number of methoxy groups -OCH3 is 1. The molecule has 0 bridgehead atoms. The van der Waals surface area contributed by atoms with E-state index in [0.717, 1.165) is 4.90 Å². The summed E-state index contributed by atoms with van der Waals surface area (Å²) in [6.45, 7) is 2.35. The maximum Gasteiger partial charge on any atom is 0.394 e. The molecule has 0 aliphatic carbocycles. The minimum Gasteiger partial charge on any atom is -0.497 e. The van der Waals surface area contributed by atoms with Crippen LogP contribution in [0.1, 0.15) is 6.92 Å². The van der Waals surface area contributed by atoms with Gasteiger partial charge in [-0.3, -0.25) is 4.79 Å². The molecule has 6 heteroatoms. The molecule has 0 saturated carbocycles. The third-order valence-corrected chi connectivity index (χ3v) is 3.79. The molecule has 1 unspecified atom stereocenters. The summed E-state index contributed by atoms with van der Waals surface area (Å²) in [7, 11) is 1.57. The van der Waals surface area contributed by atoms with Gasteiger partial charge in [0.2, 0.25) is 0 Å². The molecule has 5 nitrogen and oxygen atoms in total. The smallest absolute Gasteiger partial charge is 0.394 e. The molecule has 18 heavy (non-hydrogen) atoms. The summed E-state index contributed by atoms with van der Waals surface area (Å²) >= 11 is 1.61. The standard InChI is InChI=1S/C12H13NO4S/c1-7-6-13(11(14)12(15)16)9-4-3-8(17-2)5-10(9)18-7/h3-5,7H,6H2,1-2H3,(H,15,16). The molecular formula is C12H13NO4S. The molecule has 0 fully saturated rings. The van der Waals surface area contributed by atoms with Crippen LogP contribution in [0.15, 0.2) is 23.1 Å². The number of ether oxygens (including phenoxy) is 1. The number of hydrogen-bond acceptors (Lipinski definition) is 4. The van der Waals surface area contributed by atoms with E-state index in [2.05, 4.69) is 0 Å². The molecule has 1 heterocycles. The number of carboxylic acids is 1. The molecule has 1 N–H and O–H groups in total. The van der Waals surface area contributed by atoms with Crippen molar-refractivity contribution in [2.45, 2.75) is 17.1 Å². The predicted octanol–water partition coefficient (Wildman–Crippen LogP) is 1.61. The van der Waals surface area contributed by atoms with Crippen LogP contribution < -0.4 is 9.64 Å². The molecule has 1 aliphatic heterocycles. The van der Waals surface area contributed by atoms with Gasteiger partial charge in [0.1, 0.15) is 5.75 Å². The minimum atomic E-state index is -1.43. The van der Waals surface area contributed by atoms with Crippen LogP contribution in [0, 0.1) is 0 Å². The molecule has 0 radical (unpaired) electrons. The van der Waals surface area contributed by atoms with Crippen molar-refractivity contribution in [3.05, 3.63) is 18.2 Å². The molecule has 1 aliphatic rings. The zero-order valence-corrected chi connectivity index (χ0v) is 10.9. The summed E-state index contributed by atoms with van der Waals surface area (Å²) in [5.41, 5.74) is 0.631. The number of thioether (sulfide) groups is 1. The number of carboxylic acid groups (broad SMARTS) is 1. The molecule has 2 rings (SSSR count). The van der Waals surface area contributed by atoms with Gasteiger partial charge < -0.3 is 14.7 Å². The summed E-state index contributed by atoms with van der Waals surface area (Å²) < 4.78 is 5.13. The lowest BCUT2D eigenvalue weighted by molar-refractivity contribution is -0.148. The van der Waals surface area contributed by atoms with Crippen LogP contribution in [0.25, 0.3) is 0 Å². The number of fused-ring (bicyclic) bond motifs is 1. The van der Waals surface area contributed by atoms with Crippen LogP contribution in [0.2, 0.25) is 0 Å². The van der Waals surface area contributed by atoms with Gasteiger partial charge in [-0.05, 0) is 18.2 Å². The Balaban J connectivity index is 2.42. The van der Waals surface area contributed by atoms with Crippen molar-refractivity contribution in [3.63, 3.8) is 0 Å². The average molecular weight is 267 g/mol. The Bertz CT molecular complexity index is 503. The molecular weight excluding hydrogens is 254 g/mol. The van der Waals surface area contributed by atoms with Crippen molar-refractivity contribution < 1.29 is 19.4 Å². The first-order chi connectivity index (χ1) is 8.52. The second kappa shape index (κ2) is 4.89. The molecule has 1 amide bonds. The summed E-state index contributed by atoms with van der Waals surface area (Å²) in [6.07, 6.45) is 0. The number of benzene rings is 1. The topological polar surface area (TPSA) is 66.8 Å². The van der Waals surface area contributed by atoms with Crippen LogP contribution >= 0.6 is 11.8 Å². The summed E-state index contributed by atoms with van der Waals surface area (Å²) in [4.78, 5) is 24.6. The van der Waals surface area contributed by atoms with Gasteiger partial charge in [0.05, 0.1) is 12.8 Å². The normalized spacial score (nSPS) is 18.1. The van der Waals surface area contributed by atoms with Crippen LogP contribution in [-0.2, 0) is 9.59 Å². The fourth-order valence-corrected chi connectivity index (χ4v) is 3.00. The number of carbonyl (C=O) groups excluding carboxylic acids is 1. The van der Waals surface area contributed by atoms with Gasteiger partial charge in [-0.15, -0.1) is 11.8 Å². The first kappa shape index (κ1) is 12.8. The molecule has 96 valence electrons. The highest BCUT2D eigenvalue weighted by Crippen LogP contribution is 2.40. The lowest BCUT2D eigenvalue weighted by Gasteiger charge is -2.31. The van der Waals surface area contributed by atoms with E-state index in [9.17, 15) is 9.59 Å². The zero-order valence-electron chi connectivity index (χ0n) is 10.0. The number of nitrogens with zero attached hydrogens (tertiary/aromatic N) is 1. The van der Waals surface area contributed by atoms with Crippen LogP contribution in [-0.4, -0.2) is 35.9 Å². The second-order valence-electron chi connectivity index (χ2n) is 3.98. The zero-order chi connectivity index (χ0) is 13.3. The van der Waals surface area contributed by atoms with E-state index in [1.54, 1.807) is 31.0 Å². The van der Waals surface area contributed by atoms with Gasteiger partial charge in [0.25, 0.3) is 0 Å². The van der Waals surface area contributed by atoms with E-state index < -0.39 is 11.9 Å². The number of carbonyl (C=O) groups is 2. The highest BCUT2D eigenvalue weighted by molar-refractivity contribution is 8.00. The number of anilines is 1. The van der Waals surface area contributed by atoms with Crippen molar-refractivity contribution >= 4 is 29.3 Å². The van der Waals surface area contributed by atoms with Crippen molar-refractivity contribution in [1.29, 1.82) is 0 Å². The fourth-order valence-electron chi connectivity index (χ4n) is 1.86. The van der Waals surface area contributed by atoms with E-state index in [4.69, 9.17) is 9.84 Å². The molecule has 1 aromatic rings. The van der Waals surface area contributed by atoms with Crippen LogP contribution in [0.5, 0.6) is 5.75 Å². The Hall–Kier alpha value is -1.69. The maximum atomic E-state index is 11.6. The summed E-state index contributed by atoms with van der Waals surface area (Å²) in [5.74, 6) is -1.64. The number of rotatable bonds is 1. The molecule has 0 saturated heterocycles. The third-order valence-electron chi connectivity index (χ3n) is 2.65. The van der Waals surface area contributed by atoms with Gasteiger partial charge >= 0.3 is 11.9 Å². The molecule has 0 spiro atoms. The van der Waals surface area contributed by atoms with Gasteiger partial charge in [0.15, 0.2) is 0 Å². The summed E-state index contributed by atoms with van der Waals surface area (Å²) in [6, 6.07) is 5.25. The first-order valence-electron chi connectivity index (χ1n) is 5.42. The minimum absolute atomic E-state index is 0.146. The van der Waals surface area contributed by atoms with E-state index in [-0.39, 0.29) is 5.25 Å². The van der Waals surface area contributed by atoms with Gasteiger partial charge in [0, 0.05) is 16.7 Å². The van der Waals surface area contributed by atoms with E-state index in [1.807, 2.05) is 13.0 Å². The molecule has 0 aromatic heterocycles. The SMILES string of the molecule is COc1ccc2c(c1)SC(C)CN2C(=O)C(=O)O. The maximum absolute atomic E-state index is 11.6. The van der Waals surface area contributed by atoms with Gasteiger partial charge in [-0.1, -0.05) is 6.92 Å².